The number of hydrogen-bond donors (Lipinski definition) is 2. The second-order valence-electron chi connectivity index (χ2n) is 6.92. The lowest BCUT2D eigenvalue weighted by atomic mass is 9.86. The van der Waals surface area contributed by atoms with E-state index in [1.165, 1.54) is 36.6 Å². The number of H-pyrrole nitrogens is 1. The van der Waals surface area contributed by atoms with Crippen molar-refractivity contribution in [1.29, 1.82) is 0 Å². The van der Waals surface area contributed by atoms with Crippen molar-refractivity contribution in [3.63, 3.8) is 0 Å². The smallest absolute Gasteiger partial charge is 0.343 e. The second-order valence-corrected chi connectivity index (χ2v) is 7.87. The van der Waals surface area contributed by atoms with Gasteiger partial charge in [0.25, 0.3) is 0 Å². The van der Waals surface area contributed by atoms with Crippen molar-refractivity contribution >= 4 is 17.7 Å². The Morgan fingerprint density at radius 3 is 2.85 bits per heavy atom. The average molecular weight is 375 g/mol. The molecule has 0 saturated heterocycles. The molecule has 1 heterocycles. The van der Waals surface area contributed by atoms with Gasteiger partial charge in [-0.2, -0.15) is 0 Å². The lowest BCUT2D eigenvalue weighted by Gasteiger charge is -2.29. The fourth-order valence-electron chi connectivity index (χ4n) is 3.41. The van der Waals surface area contributed by atoms with E-state index in [4.69, 9.17) is 0 Å². The summed E-state index contributed by atoms with van der Waals surface area (Å²) in [6.45, 7) is 2.75. The van der Waals surface area contributed by atoms with E-state index in [2.05, 4.69) is 22.4 Å². The maximum atomic E-state index is 12.3. The van der Waals surface area contributed by atoms with Crippen molar-refractivity contribution in [2.45, 2.75) is 56.8 Å². The quantitative estimate of drug-likeness (QED) is 0.730. The van der Waals surface area contributed by atoms with E-state index in [0.29, 0.717) is 17.6 Å². The zero-order valence-corrected chi connectivity index (χ0v) is 15.9. The summed E-state index contributed by atoms with van der Waals surface area (Å²) >= 11 is 1.31. The van der Waals surface area contributed by atoms with Gasteiger partial charge >= 0.3 is 5.69 Å². The number of nitrogens with zero attached hydrogens (tertiary/aromatic N) is 2. The van der Waals surface area contributed by atoms with Crippen LogP contribution in [0.4, 0.5) is 0 Å². The van der Waals surface area contributed by atoms with Gasteiger partial charge in [0.15, 0.2) is 5.16 Å². The number of hydrogen-bond acceptors (Lipinski definition) is 4. The van der Waals surface area contributed by atoms with Crippen molar-refractivity contribution in [3.8, 4) is 0 Å². The molecule has 2 N–H and O–H groups in total. The lowest BCUT2D eigenvalue weighted by molar-refractivity contribution is -0.119. The summed E-state index contributed by atoms with van der Waals surface area (Å²) in [6, 6.07) is 10.3. The molecule has 1 aromatic heterocycles. The first-order valence-electron chi connectivity index (χ1n) is 9.25. The monoisotopic (exact) mass is 374 g/mol. The van der Waals surface area contributed by atoms with Crippen LogP contribution in [0.5, 0.6) is 0 Å². The fraction of sp³-hybridized carbons (Fsp3) is 0.526. The molecule has 2 unspecified atom stereocenters. The van der Waals surface area contributed by atoms with Crippen LogP contribution >= 0.6 is 11.8 Å². The van der Waals surface area contributed by atoms with Crippen molar-refractivity contribution < 1.29 is 4.79 Å². The molecule has 1 saturated carbocycles. The number of rotatable bonds is 7. The molecular formula is C19H26N4O2S. The van der Waals surface area contributed by atoms with Gasteiger partial charge in [-0.1, -0.05) is 61.9 Å². The number of amides is 1. The van der Waals surface area contributed by atoms with Gasteiger partial charge in [-0.25, -0.2) is 9.89 Å². The third kappa shape index (κ3) is 5.00. The van der Waals surface area contributed by atoms with E-state index >= 15 is 0 Å². The largest absolute Gasteiger partial charge is 0.352 e. The Morgan fingerprint density at radius 2 is 2.08 bits per heavy atom. The van der Waals surface area contributed by atoms with Gasteiger partial charge in [0, 0.05) is 12.6 Å². The van der Waals surface area contributed by atoms with Crippen molar-refractivity contribution in [1.82, 2.24) is 20.1 Å². The molecule has 1 fully saturated rings. The van der Waals surface area contributed by atoms with Gasteiger partial charge in [-0.15, -0.1) is 5.10 Å². The highest BCUT2D eigenvalue weighted by molar-refractivity contribution is 7.99. The molecule has 1 aromatic carbocycles. The number of thioether (sulfide) groups is 1. The summed E-state index contributed by atoms with van der Waals surface area (Å²) < 4.78 is 1.61. The maximum absolute atomic E-state index is 12.3. The summed E-state index contributed by atoms with van der Waals surface area (Å²) in [6.07, 6.45) is 5.42. The summed E-state index contributed by atoms with van der Waals surface area (Å²) in [4.78, 5) is 24.3. The molecular weight excluding hydrogens is 348 g/mol. The van der Waals surface area contributed by atoms with Crippen LogP contribution in [0.2, 0.25) is 0 Å². The van der Waals surface area contributed by atoms with Gasteiger partial charge in [0.1, 0.15) is 0 Å². The van der Waals surface area contributed by atoms with E-state index in [9.17, 15) is 9.59 Å². The van der Waals surface area contributed by atoms with E-state index in [0.717, 1.165) is 12.8 Å². The van der Waals surface area contributed by atoms with E-state index < -0.39 is 0 Å². The first kappa shape index (κ1) is 18.8. The molecule has 1 aliphatic carbocycles. The standard InChI is InChI=1S/C19H26N4O2S/c1-14-7-5-6-10-16(14)20-17(24)13-26-19-22-21-18(25)23(19)12-11-15-8-3-2-4-9-15/h2-4,8-9,14,16H,5-7,10-13H2,1H3,(H,20,24)(H,21,25). The molecule has 140 valence electrons. The van der Waals surface area contributed by atoms with Crippen molar-refractivity contribution in [2.75, 3.05) is 5.75 Å². The molecule has 0 bridgehead atoms. The Kier molecular flexibility index (Phi) is 6.55. The molecule has 0 aliphatic heterocycles. The first-order chi connectivity index (χ1) is 12.6. The minimum atomic E-state index is -0.232. The Labute approximate surface area is 157 Å². The number of benzene rings is 1. The van der Waals surface area contributed by atoms with E-state index in [-0.39, 0.29) is 23.4 Å². The van der Waals surface area contributed by atoms with Crippen LogP contribution in [0.15, 0.2) is 40.3 Å². The first-order valence-corrected chi connectivity index (χ1v) is 10.2. The highest BCUT2D eigenvalue weighted by atomic mass is 32.2. The highest BCUT2D eigenvalue weighted by Crippen LogP contribution is 2.24. The summed E-state index contributed by atoms with van der Waals surface area (Å²) in [7, 11) is 0. The summed E-state index contributed by atoms with van der Waals surface area (Å²) in [5.41, 5.74) is 0.935. The molecule has 0 spiro atoms. The molecule has 1 aliphatic rings. The topological polar surface area (TPSA) is 79.8 Å². The third-order valence-corrected chi connectivity index (χ3v) is 5.96. The third-order valence-electron chi connectivity index (χ3n) is 4.98. The summed E-state index contributed by atoms with van der Waals surface area (Å²) in [5.74, 6) is 0.824. The van der Waals surface area contributed by atoms with E-state index in [1.54, 1.807) is 4.57 Å². The molecule has 2 atom stereocenters. The van der Waals surface area contributed by atoms with Crippen LogP contribution in [-0.2, 0) is 17.8 Å². The fourth-order valence-corrected chi connectivity index (χ4v) is 4.19. The second kappa shape index (κ2) is 9.07. The number of aromatic nitrogens is 3. The van der Waals surface area contributed by atoms with Gasteiger partial charge in [0.05, 0.1) is 5.75 Å². The Balaban J connectivity index is 1.53. The summed E-state index contributed by atoms with van der Waals surface area (Å²) in [5, 5.41) is 10.3. The molecule has 1 amide bonds. The van der Waals surface area contributed by atoms with Gasteiger partial charge in [-0.3, -0.25) is 9.36 Å². The maximum Gasteiger partial charge on any atom is 0.343 e. The minimum Gasteiger partial charge on any atom is -0.352 e. The SMILES string of the molecule is CC1CCCCC1NC(=O)CSc1n[nH]c(=O)n1CCc1ccccc1. The minimum absolute atomic E-state index is 0.0128. The van der Waals surface area contributed by atoms with Crippen LogP contribution in [-0.4, -0.2) is 32.5 Å². The molecule has 6 nitrogen and oxygen atoms in total. The van der Waals surface area contributed by atoms with Crippen LogP contribution < -0.4 is 11.0 Å². The van der Waals surface area contributed by atoms with Crippen LogP contribution in [0, 0.1) is 5.92 Å². The predicted molar refractivity (Wildman–Crippen MR) is 103 cm³/mol. The predicted octanol–water partition coefficient (Wildman–Crippen LogP) is 2.60. The number of aryl methyl sites for hydroxylation is 1. The molecule has 7 heteroatoms. The van der Waals surface area contributed by atoms with Crippen LogP contribution in [0.1, 0.15) is 38.2 Å². The van der Waals surface area contributed by atoms with Gasteiger partial charge in [0.2, 0.25) is 5.91 Å². The van der Waals surface area contributed by atoms with Crippen LogP contribution in [0.25, 0.3) is 0 Å². The molecule has 3 rings (SSSR count). The number of carbonyl (C=O) groups excluding carboxylic acids is 1. The van der Waals surface area contributed by atoms with Crippen LogP contribution in [0.3, 0.4) is 0 Å². The Bertz CT molecular complexity index is 771. The zero-order valence-electron chi connectivity index (χ0n) is 15.1. The highest BCUT2D eigenvalue weighted by Gasteiger charge is 2.23. The zero-order chi connectivity index (χ0) is 18.4. The number of carbonyl (C=O) groups is 1. The molecule has 26 heavy (non-hydrogen) atoms. The number of aromatic amines is 1. The average Bonchev–Trinajstić information content (AvgIpc) is 3.01. The van der Waals surface area contributed by atoms with Gasteiger partial charge in [-0.05, 0) is 30.7 Å². The normalized spacial score (nSPS) is 20.0. The number of nitrogens with one attached hydrogen (secondary N) is 2. The lowest BCUT2D eigenvalue weighted by Crippen LogP contribution is -2.41. The van der Waals surface area contributed by atoms with E-state index in [1.807, 2.05) is 30.3 Å². The Morgan fingerprint density at radius 1 is 1.31 bits per heavy atom. The molecule has 2 aromatic rings. The Hall–Kier alpha value is -2.02. The van der Waals surface area contributed by atoms with Crippen molar-refractivity contribution in [3.05, 3.63) is 46.4 Å². The van der Waals surface area contributed by atoms with Crippen molar-refractivity contribution in [2.24, 2.45) is 5.92 Å². The molecule has 0 radical (unpaired) electrons. The van der Waals surface area contributed by atoms with Gasteiger partial charge < -0.3 is 5.32 Å².